The first-order chi connectivity index (χ1) is 8.61. The number of halogens is 2. The quantitative estimate of drug-likeness (QED) is 0.748. The number of amides is 1. The van der Waals surface area contributed by atoms with Crippen LogP contribution in [-0.4, -0.2) is 32.7 Å². The number of hydrogen-bond donors (Lipinski definition) is 2. The fourth-order valence-electron chi connectivity index (χ4n) is 1.39. The molecule has 0 radical (unpaired) electrons. The zero-order valence-electron chi connectivity index (χ0n) is 10.1. The topological polar surface area (TPSA) is 50.4 Å². The van der Waals surface area contributed by atoms with Gasteiger partial charge in [-0.15, -0.1) is 0 Å². The van der Waals surface area contributed by atoms with Crippen LogP contribution in [0.25, 0.3) is 0 Å². The predicted octanol–water partition coefficient (Wildman–Crippen LogP) is 1.44. The van der Waals surface area contributed by atoms with Gasteiger partial charge >= 0.3 is 0 Å². The number of rotatable bonds is 7. The van der Waals surface area contributed by atoms with E-state index in [9.17, 15) is 9.18 Å². The van der Waals surface area contributed by atoms with Gasteiger partial charge in [0.2, 0.25) is 5.91 Å². The lowest BCUT2D eigenvalue weighted by Gasteiger charge is -2.07. The Kier molecular flexibility index (Phi) is 6.85. The summed E-state index contributed by atoms with van der Waals surface area (Å²) in [5.41, 5.74) is 0.784. The van der Waals surface area contributed by atoms with Gasteiger partial charge in [0, 0.05) is 24.7 Å². The second-order valence-corrected chi connectivity index (χ2v) is 4.64. The summed E-state index contributed by atoms with van der Waals surface area (Å²) in [6.45, 7) is 1.61. The molecule has 0 saturated carbocycles. The maximum atomic E-state index is 13.1. The van der Waals surface area contributed by atoms with Gasteiger partial charge in [0.25, 0.3) is 0 Å². The Morgan fingerprint density at radius 1 is 1.44 bits per heavy atom. The SMILES string of the molecule is COCCNC(=O)CNCc1cc(F)cc(Br)c1. The van der Waals surface area contributed by atoms with Gasteiger partial charge in [0.1, 0.15) is 5.82 Å². The zero-order valence-corrected chi connectivity index (χ0v) is 11.7. The molecule has 0 fully saturated rings. The van der Waals surface area contributed by atoms with Gasteiger partial charge in [-0.2, -0.15) is 0 Å². The highest BCUT2D eigenvalue weighted by Crippen LogP contribution is 2.14. The number of hydrogen-bond acceptors (Lipinski definition) is 3. The largest absolute Gasteiger partial charge is 0.383 e. The zero-order chi connectivity index (χ0) is 13.4. The summed E-state index contributed by atoms with van der Waals surface area (Å²) in [7, 11) is 1.58. The minimum absolute atomic E-state index is 0.109. The molecule has 0 heterocycles. The molecule has 100 valence electrons. The van der Waals surface area contributed by atoms with Crippen LogP contribution in [0.5, 0.6) is 0 Å². The van der Waals surface area contributed by atoms with Crippen LogP contribution in [0.2, 0.25) is 0 Å². The summed E-state index contributed by atoms with van der Waals surface area (Å²) in [5.74, 6) is -0.409. The molecule has 2 N–H and O–H groups in total. The van der Waals surface area contributed by atoms with Gasteiger partial charge < -0.3 is 15.4 Å². The number of methoxy groups -OCH3 is 1. The first-order valence-corrected chi connectivity index (χ1v) is 6.32. The third-order valence-electron chi connectivity index (χ3n) is 2.17. The van der Waals surface area contributed by atoms with E-state index in [4.69, 9.17) is 4.74 Å². The van der Waals surface area contributed by atoms with Gasteiger partial charge in [-0.25, -0.2) is 4.39 Å². The summed E-state index contributed by atoms with van der Waals surface area (Å²) in [6, 6.07) is 4.63. The van der Waals surface area contributed by atoms with E-state index in [1.165, 1.54) is 12.1 Å². The van der Waals surface area contributed by atoms with Gasteiger partial charge in [-0.05, 0) is 23.8 Å². The van der Waals surface area contributed by atoms with E-state index in [1.807, 2.05) is 0 Å². The third-order valence-corrected chi connectivity index (χ3v) is 2.62. The Balaban J connectivity index is 2.26. The van der Waals surface area contributed by atoms with Crippen molar-refractivity contribution in [1.29, 1.82) is 0 Å². The first kappa shape index (κ1) is 15.1. The maximum Gasteiger partial charge on any atom is 0.234 e. The van der Waals surface area contributed by atoms with E-state index in [-0.39, 0.29) is 18.3 Å². The standard InChI is InChI=1S/C12H16BrFN2O2/c1-18-3-2-16-12(17)8-15-7-9-4-10(13)6-11(14)5-9/h4-6,15H,2-3,7-8H2,1H3,(H,16,17). The van der Waals surface area contributed by atoms with Crippen molar-refractivity contribution in [3.63, 3.8) is 0 Å². The number of benzene rings is 1. The van der Waals surface area contributed by atoms with Crippen molar-refractivity contribution in [3.8, 4) is 0 Å². The molecule has 0 saturated heterocycles. The van der Waals surface area contributed by atoms with Crippen molar-refractivity contribution in [3.05, 3.63) is 34.1 Å². The highest BCUT2D eigenvalue weighted by atomic mass is 79.9. The summed E-state index contributed by atoms with van der Waals surface area (Å²) in [5, 5.41) is 5.63. The third kappa shape index (κ3) is 6.09. The lowest BCUT2D eigenvalue weighted by atomic mass is 10.2. The Bertz CT molecular complexity index is 381. The van der Waals surface area contributed by atoms with Gasteiger partial charge in [0.05, 0.1) is 13.2 Å². The molecule has 1 amide bonds. The fourth-order valence-corrected chi connectivity index (χ4v) is 1.90. The molecule has 18 heavy (non-hydrogen) atoms. The highest BCUT2D eigenvalue weighted by molar-refractivity contribution is 9.10. The molecule has 0 atom stereocenters. The number of ether oxygens (including phenoxy) is 1. The molecular weight excluding hydrogens is 303 g/mol. The summed E-state index contributed by atoms with van der Waals surface area (Å²) >= 11 is 3.21. The van der Waals surface area contributed by atoms with Crippen LogP contribution in [0.4, 0.5) is 4.39 Å². The molecule has 0 aliphatic heterocycles. The number of carbonyl (C=O) groups is 1. The van der Waals surface area contributed by atoms with Crippen molar-refractivity contribution in [2.24, 2.45) is 0 Å². The normalized spacial score (nSPS) is 10.4. The van der Waals surface area contributed by atoms with Crippen molar-refractivity contribution in [1.82, 2.24) is 10.6 Å². The van der Waals surface area contributed by atoms with Crippen LogP contribution in [0.1, 0.15) is 5.56 Å². The van der Waals surface area contributed by atoms with Crippen LogP contribution in [0.15, 0.2) is 22.7 Å². The first-order valence-electron chi connectivity index (χ1n) is 5.53. The smallest absolute Gasteiger partial charge is 0.234 e. The average molecular weight is 319 g/mol. The summed E-state index contributed by atoms with van der Waals surface area (Å²) in [6.07, 6.45) is 0. The minimum Gasteiger partial charge on any atom is -0.383 e. The molecule has 0 aliphatic rings. The fraction of sp³-hybridized carbons (Fsp3) is 0.417. The molecule has 0 bridgehead atoms. The van der Waals surface area contributed by atoms with Crippen molar-refractivity contribution in [2.45, 2.75) is 6.54 Å². The van der Waals surface area contributed by atoms with Gasteiger partial charge in [0.15, 0.2) is 0 Å². The van der Waals surface area contributed by atoms with E-state index in [2.05, 4.69) is 26.6 Å². The second-order valence-electron chi connectivity index (χ2n) is 3.72. The lowest BCUT2D eigenvalue weighted by Crippen LogP contribution is -2.35. The maximum absolute atomic E-state index is 13.1. The number of nitrogens with one attached hydrogen (secondary N) is 2. The Morgan fingerprint density at radius 3 is 2.89 bits per heavy atom. The predicted molar refractivity (Wildman–Crippen MR) is 70.7 cm³/mol. The molecule has 0 aliphatic carbocycles. The Morgan fingerprint density at radius 2 is 2.22 bits per heavy atom. The monoisotopic (exact) mass is 318 g/mol. The second kappa shape index (κ2) is 8.18. The summed E-state index contributed by atoms with van der Waals surface area (Å²) in [4.78, 5) is 11.3. The van der Waals surface area contributed by atoms with E-state index in [0.717, 1.165) is 5.56 Å². The molecule has 0 spiro atoms. The molecule has 0 aromatic heterocycles. The van der Waals surface area contributed by atoms with Crippen LogP contribution < -0.4 is 10.6 Å². The number of carbonyl (C=O) groups excluding carboxylic acids is 1. The van der Waals surface area contributed by atoms with E-state index in [0.29, 0.717) is 24.2 Å². The highest BCUT2D eigenvalue weighted by Gasteiger charge is 2.02. The minimum atomic E-state index is -0.300. The van der Waals surface area contributed by atoms with Crippen molar-refractivity contribution < 1.29 is 13.9 Å². The summed E-state index contributed by atoms with van der Waals surface area (Å²) < 4.78 is 18.6. The van der Waals surface area contributed by atoms with Crippen LogP contribution in [0, 0.1) is 5.82 Å². The molecule has 6 heteroatoms. The molecule has 1 aromatic carbocycles. The van der Waals surface area contributed by atoms with E-state index < -0.39 is 0 Å². The Hall–Kier alpha value is -0.980. The lowest BCUT2D eigenvalue weighted by molar-refractivity contribution is -0.120. The van der Waals surface area contributed by atoms with Crippen LogP contribution in [-0.2, 0) is 16.1 Å². The van der Waals surface area contributed by atoms with Crippen molar-refractivity contribution in [2.75, 3.05) is 26.8 Å². The molecule has 1 rings (SSSR count). The van der Waals surface area contributed by atoms with Crippen LogP contribution >= 0.6 is 15.9 Å². The van der Waals surface area contributed by atoms with Crippen molar-refractivity contribution >= 4 is 21.8 Å². The van der Waals surface area contributed by atoms with Gasteiger partial charge in [-0.3, -0.25) is 4.79 Å². The Labute approximate surface area is 114 Å². The van der Waals surface area contributed by atoms with E-state index >= 15 is 0 Å². The van der Waals surface area contributed by atoms with Gasteiger partial charge in [-0.1, -0.05) is 15.9 Å². The van der Waals surface area contributed by atoms with Crippen LogP contribution in [0.3, 0.4) is 0 Å². The molecular formula is C12H16BrFN2O2. The average Bonchev–Trinajstić information content (AvgIpc) is 2.28. The van der Waals surface area contributed by atoms with E-state index in [1.54, 1.807) is 13.2 Å². The molecule has 0 unspecified atom stereocenters. The molecule has 4 nitrogen and oxygen atoms in total. The molecule has 1 aromatic rings.